The molecule has 1 fully saturated rings. The molecule has 1 saturated carbocycles. The molecule has 0 spiro atoms. The lowest BCUT2D eigenvalue weighted by atomic mass is 9.86. The topological polar surface area (TPSA) is 12.0 Å². The van der Waals surface area contributed by atoms with Crippen LogP contribution in [0.1, 0.15) is 41.0 Å². The molecule has 1 atom stereocenters. The number of allylic oxidation sites excluding steroid dienone is 6. The van der Waals surface area contributed by atoms with Gasteiger partial charge in [-0.15, -0.1) is 0 Å². The van der Waals surface area contributed by atoms with Gasteiger partial charge in [0.25, 0.3) is 0 Å². The second-order valence-corrected chi connectivity index (χ2v) is 6.29. The molecule has 1 nitrogen and oxygen atoms in total. The Morgan fingerprint density at radius 1 is 1.25 bits per heavy atom. The molecule has 0 aromatic carbocycles. The molecule has 20 heavy (non-hydrogen) atoms. The molecule has 1 heteroatoms. The van der Waals surface area contributed by atoms with Crippen molar-refractivity contribution >= 4 is 0 Å². The fourth-order valence-corrected chi connectivity index (χ4v) is 2.88. The third-order valence-corrected chi connectivity index (χ3v) is 4.70. The molecule has 1 aliphatic rings. The molecule has 0 heterocycles. The standard InChI is InChI=1S/C19H29N/c1-8-11-12-17(10-3)19(13-18(19,6)7)14-20-16(5)15(4)9-2/h8-12,20H,1,5,13-14H2,2-4,6-7H3/b12-11-,15-9+,17-10+. The Morgan fingerprint density at radius 3 is 2.25 bits per heavy atom. The fraction of sp³-hybridized carbons (Fsp3) is 0.474. The van der Waals surface area contributed by atoms with E-state index < -0.39 is 0 Å². The first-order chi connectivity index (χ1) is 9.34. The van der Waals surface area contributed by atoms with Crippen molar-refractivity contribution in [2.24, 2.45) is 10.8 Å². The van der Waals surface area contributed by atoms with E-state index in [4.69, 9.17) is 0 Å². The maximum Gasteiger partial charge on any atom is 0.0293 e. The number of rotatable bonds is 7. The van der Waals surface area contributed by atoms with Gasteiger partial charge in [0, 0.05) is 17.7 Å². The van der Waals surface area contributed by atoms with Gasteiger partial charge in [0.1, 0.15) is 0 Å². The largest absolute Gasteiger partial charge is 0.384 e. The van der Waals surface area contributed by atoms with E-state index in [1.807, 2.05) is 19.1 Å². The van der Waals surface area contributed by atoms with E-state index in [1.165, 1.54) is 17.6 Å². The van der Waals surface area contributed by atoms with E-state index in [9.17, 15) is 0 Å². The van der Waals surface area contributed by atoms with Gasteiger partial charge in [-0.3, -0.25) is 0 Å². The van der Waals surface area contributed by atoms with Gasteiger partial charge in [-0.1, -0.05) is 57.4 Å². The molecule has 0 saturated heterocycles. The van der Waals surface area contributed by atoms with Crippen LogP contribution in [0, 0.1) is 10.8 Å². The summed E-state index contributed by atoms with van der Waals surface area (Å²) in [7, 11) is 0. The lowest BCUT2D eigenvalue weighted by molar-refractivity contribution is 0.435. The Bertz CT molecular complexity index is 474. The lowest BCUT2D eigenvalue weighted by Gasteiger charge is -2.24. The third kappa shape index (κ3) is 3.15. The highest BCUT2D eigenvalue weighted by Gasteiger charge is 2.61. The first kappa shape index (κ1) is 16.6. The van der Waals surface area contributed by atoms with Crippen molar-refractivity contribution in [3.63, 3.8) is 0 Å². The Morgan fingerprint density at radius 2 is 1.85 bits per heavy atom. The Labute approximate surface area is 124 Å². The van der Waals surface area contributed by atoms with Crippen LogP contribution in [0.3, 0.4) is 0 Å². The second kappa shape index (κ2) is 6.30. The average Bonchev–Trinajstić information content (AvgIpc) is 2.98. The van der Waals surface area contributed by atoms with Crippen molar-refractivity contribution in [3.05, 3.63) is 60.4 Å². The first-order valence-corrected chi connectivity index (χ1v) is 7.36. The van der Waals surface area contributed by atoms with Crippen LogP contribution in [0.2, 0.25) is 0 Å². The molecule has 110 valence electrons. The van der Waals surface area contributed by atoms with Crippen molar-refractivity contribution in [3.8, 4) is 0 Å². The monoisotopic (exact) mass is 271 g/mol. The molecular formula is C19H29N. The molecular weight excluding hydrogens is 242 g/mol. The van der Waals surface area contributed by atoms with Crippen LogP contribution >= 0.6 is 0 Å². The molecule has 1 aliphatic carbocycles. The van der Waals surface area contributed by atoms with E-state index in [-0.39, 0.29) is 5.41 Å². The summed E-state index contributed by atoms with van der Waals surface area (Å²) in [5, 5.41) is 3.52. The van der Waals surface area contributed by atoms with Crippen LogP contribution in [0.15, 0.2) is 60.4 Å². The van der Waals surface area contributed by atoms with Crippen LogP contribution in [-0.2, 0) is 0 Å². The minimum atomic E-state index is 0.207. The van der Waals surface area contributed by atoms with E-state index >= 15 is 0 Å². The Hall–Kier alpha value is -1.50. The maximum atomic E-state index is 4.12. The number of hydrogen-bond donors (Lipinski definition) is 1. The Balaban J connectivity index is 2.88. The summed E-state index contributed by atoms with van der Waals surface area (Å²) in [5.41, 5.74) is 4.16. The molecule has 1 unspecified atom stereocenters. The van der Waals surface area contributed by atoms with Crippen LogP contribution < -0.4 is 5.32 Å². The molecule has 1 rings (SSSR count). The van der Waals surface area contributed by atoms with Crippen molar-refractivity contribution in [2.45, 2.75) is 41.0 Å². The highest BCUT2D eigenvalue weighted by molar-refractivity contribution is 5.39. The summed E-state index contributed by atoms with van der Waals surface area (Å²) in [6, 6.07) is 0. The van der Waals surface area contributed by atoms with Gasteiger partial charge in [0.2, 0.25) is 0 Å². The van der Waals surface area contributed by atoms with E-state index in [1.54, 1.807) is 0 Å². The summed E-state index contributed by atoms with van der Waals surface area (Å²) in [4.78, 5) is 0. The first-order valence-electron chi connectivity index (χ1n) is 7.36. The van der Waals surface area contributed by atoms with E-state index in [0.29, 0.717) is 5.41 Å². The van der Waals surface area contributed by atoms with Gasteiger partial charge >= 0.3 is 0 Å². The SMILES string of the molecule is C=C/C=C\C(=C/C)C1(CNC(=C)/C(C)=C/C)CC1(C)C. The Kier molecular flexibility index (Phi) is 5.21. The van der Waals surface area contributed by atoms with Gasteiger partial charge in [-0.05, 0) is 43.8 Å². The van der Waals surface area contributed by atoms with Crippen LogP contribution in [-0.4, -0.2) is 6.54 Å². The quantitative estimate of drug-likeness (QED) is 0.631. The minimum absolute atomic E-state index is 0.207. The third-order valence-electron chi connectivity index (χ3n) is 4.70. The van der Waals surface area contributed by atoms with E-state index in [2.05, 4.69) is 64.4 Å². The minimum Gasteiger partial charge on any atom is -0.384 e. The van der Waals surface area contributed by atoms with Gasteiger partial charge in [-0.2, -0.15) is 0 Å². The van der Waals surface area contributed by atoms with Crippen molar-refractivity contribution < 1.29 is 0 Å². The molecule has 0 amide bonds. The fourth-order valence-electron chi connectivity index (χ4n) is 2.88. The highest BCUT2D eigenvalue weighted by atomic mass is 14.9. The van der Waals surface area contributed by atoms with Gasteiger partial charge < -0.3 is 5.32 Å². The summed E-state index contributed by atoms with van der Waals surface area (Å²) in [5.74, 6) is 0. The summed E-state index contributed by atoms with van der Waals surface area (Å²) in [6.45, 7) is 19.7. The summed E-state index contributed by atoms with van der Waals surface area (Å²) >= 11 is 0. The molecule has 1 N–H and O–H groups in total. The molecule has 0 aromatic rings. The second-order valence-electron chi connectivity index (χ2n) is 6.29. The molecule has 0 radical (unpaired) electrons. The van der Waals surface area contributed by atoms with Crippen molar-refractivity contribution in [2.75, 3.05) is 6.54 Å². The van der Waals surface area contributed by atoms with Crippen LogP contribution in [0.4, 0.5) is 0 Å². The van der Waals surface area contributed by atoms with Crippen molar-refractivity contribution in [1.29, 1.82) is 0 Å². The maximum absolute atomic E-state index is 4.12. The summed E-state index contributed by atoms with van der Waals surface area (Å²) in [6.07, 6.45) is 11.6. The van der Waals surface area contributed by atoms with Gasteiger partial charge in [-0.25, -0.2) is 0 Å². The zero-order chi connectivity index (χ0) is 15.4. The number of hydrogen-bond acceptors (Lipinski definition) is 1. The molecule has 0 bridgehead atoms. The zero-order valence-electron chi connectivity index (χ0n) is 13.7. The predicted molar refractivity (Wildman–Crippen MR) is 90.5 cm³/mol. The number of nitrogens with one attached hydrogen (secondary N) is 1. The average molecular weight is 271 g/mol. The van der Waals surface area contributed by atoms with Crippen LogP contribution in [0.25, 0.3) is 0 Å². The van der Waals surface area contributed by atoms with Crippen molar-refractivity contribution in [1.82, 2.24) is 5.32 Å². The van der Waals surface area contributed by atoms with Gasteiger partial charge in [0.15, 0.2) is 0 Å². The zero-order valence-corrected chi connectivity index (χ0v) is 13.7. The summed E-state index contributed by atoms with van der Waals surface area (Å²) < 4.78 is 0. The lowest BCUT2D eigenvalue weighted by Crippen LogP contribution is -2.28. The molecule has 0 aliphatic heterocycles. The predicted octanol–water partition coefficient (Wildman–Crippen LogP) is 5.16. The van der Waals surface area contributed by atoms with E-state index in [0.717, 1.165) is 12.2 Å². The smallest absolute Gasteiger partial charge is 0.0293 e. The van der Waals surface area contributed by atoms with Gasteiger partial charge in [0.05, 0.1) is 0 Å². The normalized spacial score (nSPS) is 25.6. The van der Waals surface area contributed by atoms with Crippen LogP contribution in [0.5, 0.6) is 0 Å². The molecule has 0 aromatic heterocycles. The highest BCUT2D eigenvalue weighted by Crippen LogP contribution is 2.67.